The maximum absolute atomic E-state index is 12.3. The van der Waals surface area contributed by atoms with E-state index in [-0.39, 0.29) is 11.9 Å². The molecule has 2 aliphatic rings. The molecule has 0 radical (unpaired) electrons. The Morgan fingerprint density at radius 2 is 1.97 bits per heavy atom. The van der Waals surface area contributed by atoms with Crippen molar-refractivity contribution in [3.8, 4) is 11.5 Å². The van der Waals surface area contributed by atoms with Crippen LogP contribution in [0.15, 0.2) is 53.2 Å². The van der Waals surface area contributed by atoms with Gasteiger partial charge in [0.05, 0.1) is 6.04 Å². The molecule has 0 saturated carbocycles. The first-order valence-electron chi connectivity index (χ1n) is 9.94. The Hall–Kier alpha value is -3.22. The van der Waals surface area contributed by atoms with Crippen LogP contribution in [0.25, 0.3) is 11.5 Å². The van der Waals surface area contributed by atoms with Crippen molar-refractivity contribution in [1.82, 2.24) is 20.0 Å². The van der Waals surface area contributed by atoms with Gasteiger partial charge in [-0.1, -0.05) is 35.5 Å². The summed E-state index contributed by atoms with van der Waals surface area (Å²) >= 11 is 0. The quantitative estimate of drug-likeness (QED) is 0.685. The van der Waals surface area contributed by atoms with Gasteiger partial charge in [-0.2, -0.15) is 4.98 Å². The molecule has 1 amide bonds. The Morgan fingerprint density at radius 1 is 1.14 bits per heavy atom. The zero-order valence-electron chi connectivity index (χ0n) is 16.5. The predicted molar refractivity (Wildman–Crippen MR) is 108 cm³/mol. The van der Waals surface area contributed by atoms with Gasteiger partial charge in [0.2, 0.25) is 5.91 Å². The molecular formula is C22H23N5O2. The summed E-state index contributed by atoms with van der Waals surface area (Å²) < 4.78 is 5.31. The van der Waals surface area contributed by atoms with Gasteiger partial charge in [-0.05, 0) is 24.6 Å². The highest BCUT2D eigenvalue weighted by Crippen LogP contribution is 2.45. The standard InChI is InChI=1S/C22H23N5O2/c1-14-24-22(29-25-14)17-8-9-23-20(10-17)26-11-18-12-27(15(2)28)21(19(18)13-26)16-6-4-3-5-7-16/h3-10,18-19,21H,11-13H2,1-2H3/t18-,19-,21+/m1/s1. The van der Waals surface area contributed by atoms with E-state index in [1.54, 1.807) is 20.0 Å². The van der Waals surface area contributed by atoms with Gasteiger partial charge in [0.1, 0.15) is 5.82 Å². The van der Waals surface area contributed by atoms with E-state index in [0.717, 1.165) is 31.0 Å². The topological polar surface area (TPSA) is 75.4 Å². The number of hydrogen-bond donors (Lipinski definition) is 0. The second-order valence-corrected chi connectivity index (χ2v) is 7.91. The zero-order chi connectivity index (χ0) is 20.0. The van der Waals surface area contributed by atoms with Crippen LogP contribution in [0, 0.1) is 18.8 Å². The minimum atomic E-state index is 0.116. The number of amides is 1. The van der Waals surface area contributed by atoms with E-state index in [0.29, 0.717) is 23.6 Å². The van der Waals surface area contributed by atoms with Crippen molar-refractivity contribution in [1.29, 1.82) is 0 Å². The summed E-state index contributed by atoms with van der Waals surface area (Å²) in [5, 5.41) is 3.88. The largest absolute Gasteiger partial charge is 0.356 e. The minimum Gasteiger partial charge on any atom is -0.356 e. The molecule has 0 N–H and O–H groups in total. The smallest absolute Gasteiger partial charge is 0.258 e. The van der Waals surface area contributed by atoms with Gasteiger partial charge < -0.3 is 14.3 Å². The van der Waals surface area contributed by atoms with Crippen LogP contribution in [-0.4, -0.2) is 45.6 Å². The normalized spacial score (nSPS) is 23.4. The second-order valence-electron chi connectivity index (χ2n) is 7.91. The Bertz CT molecular complexity index is 1030. The van der Waals surface area contributed by atoms with Crippen molar-refractivity contribution in [3.05, 3.63) is 60.0 Å². The third-order valence-corrected chi connectivity index (χ3v) is 6.05. The second kappa shape index (κ2) is 6.99. The lowest BCUT2D eigenvalue weighted by Crippen LogP contribution is -2.34. The molecule has 7 heteroatoms. The van der Waals surface area contributed by atoms with Crippen LogP contribution in [0.2, 0.25) is 0 Å². The van der Waals surface area contributed by atoms with Crippen molar-refractivity contribution in [2.75, 3.05) is 24.5 Å². The summed E-state index contributed by atoms with van der Waals surface area (Å²) in [6.45, 7) is 6.02. The first-order chi connectivity index (χ1) is 14.1. The van der Waals surface area contributed by atoms with E-state index >= 15 is 0 Å². The summed E-state index contributed by atoms with van der Waals surface area (Å²) in [6.07, 6.45) is 1.79. The van der Waals surface area contributed by atoms with Gasteiger partial charge in [0.25, 0.3) is 5.89 Å². The fourth-order valence-corrected chi connectivity index (χ4v) is 4.77. The Labute approximate surface area is 169 Å². The highest BCUT2D eigenvalue weighted by molar-refractivity contribution is 5.74. The number of aromatic nitrogens is 3. The molecule has 29 heavy (non-hydrogen) atoms. The van der Waals surface area contributed by atoms with Crippen molar-refractivity contribution < 1.29 is 9.32 Å². The number of aryl methyl sites for hydroxylation is 1. The van der Waals surface area contributed by atoms with Crippen LogP contribution in [0.3, 0.4) is 0 Å². The number of rotatable bonds is 3. The Morgan fingerprint density at radius 3 is 2.69 bits per heavy atom. The first-order valence-corrected chi connectivity index (χ1v) is 9.94. The summed E-state index contributed by atoms with van der Waals surface area (Å²) in [7, 11) is 0. The number of pyridine rings is 1. The highest BCUT2D eigenvalue weighted by atomic mass is 16.5. The van der Waals surface area contributed by atoms with Gasteiger partial charge in [-0.3, -0.25) is 4.79 Å². The average Bonchev–Trinajstić information content (AvgIpc) is 3.42. The lowest BCUT2D eigenvalue weighted by molar-refractivity contribution is -0.130. The number of benzene rings is 1. The fraction of sp³-hybridized carbons (Fsp3) is 0.364. The van der Waals surface area contributed by atoms with Crippen LogP contribution < -0.4 is 4.90 Å². The van der Waals surface area contributed by atoms with E-state index < -0.39 is 0 Å². The van der Waals surface area contributed by atoms with Crippen molar-refractivity contribution >= 4 is 11.7 Å². The van der Waals surface area contributed by atoms with E-state index in [4.69, 9.17) is 4.52 Å². The number of likely N-dealkylation sites (tertiary alicyclic amines) is 1. The van der Waals surface area contributed by atoms with Gasteiger partial charge in [-0.15, -0.1) is 0 Å². The molecule has 0 unspecified atom stereocenters. The molecule has 4 heterocycles. The maximum atomic E-state index is 12.3. The lowest BCUT2D eigenvalue weighted by Gasteiger charge is -2.29. The molecule has 0 bridgehead atoms. The van der Waals surface area contributed by atoms with Crippen LogP contribution in [-0.2, 0) is 4.79 Å². The molecule has 1 aromatic carbocycles. The molecule has 2 fully saturated rings. The Kier molecular flexibility index (Phi) is 4.30. The molecule has 3 aromatic rings. The van der Waals surface area contributed by atoms with E-state index in [1.807, 2.05) is 35.2 Å². The number of carbonyl (C=O) groups is 1. The molecule has 7 nitrogen and oxygen atoms in total. The number of hydrogen-bond acceptors (Lipinski definition) is 6. The zero-order valence-corrected chi connectivity index (χ0v) is 16.5. The molecule has 3 atom stereocenters. The summed E-state index contributed by atoms with van der Waals surface area (Å²) in [5.41, 5.74) is 2.08. The minimum absolute atomic E-state index is 0.116. The van der Waals surface area contributed by atoms with Crippen LogP contribution >= 0.6 is 0 Å². The van der Waals surface area contributed by atoms with E-state index in [1.165, 1.54) is 5.56 Å². The van der Waals surface area contributed by atoms with Gasteiger partial charge in [0, 0.05) is 50.2 Å². The summed E-state index contributed by atoms with van der Waals surface area (Å²) in [4.78, 5) is 25.5. The fourth-order valence-electron chi connectivity index (χ4n) is 4.77. The molecule has 2 aromatic heterocycles. The summed E-state index contributed by atoms with van der Waals surface area (Å²) in [6, 6.07) is 14.4. The molecular weight excluding hydrogens is 366 g/mol. The highest BCUT2D eigenvalue weighted by Gasteiger charge is 2.48. The molecule has 0 aliphatic carbocycles. The molecule has 2 saturated heterocycles. The molecule has 5 rings (SSSR count). The van der Waals surface area contributed by atoms with Gasteiger partial charge in [0.15, 0.2) is 5.82 Å². The number of anilines is 1. The summed E-state index contributed by atoms with van der Waals surface area (Å²) in [5.74, 6) is 3.00. The number of fused-ring (bicyclic) bond motifs is 1. The monoisotopic (exact) mass is 389 g/mol. The Balaban J connectivity index is 1.42. The van der Waals surface area contributed by atoms with E-state index in [9.17, 15) is 4.79 Å². The van der Waals surface area contributed by atoms with Crippen molar-refractivity contribution in [2.45, 2.75) is 19.9 Å². The van der Waals surface area contributed by atoms with Gasteiger partial charge in [-0.25, -0.2) is 4.98 Å². The number of nitrogens with zero attached hydrogens (tertiary/aromatic N) is 5. The third-order valence-electron chi connectivity index (χ3n) is 6.05. The van der Waals surface area contributed by atoms with Crippen molar-refractivity contribution in [3.63, 3.8) is 0 Å². The third kappa shape index (κ3) is 3.16. The van der Waals surface area contributed by atoms with Crippen molar-refractivity contribution in [2.24, 2.45) is 11.8 Å². The average molecular weight is 389 g/mol. The van der Waals surface area contributed by atoms with Crippen LogP contribution in [0.5, 0.6) is 0 Å². The van der Waals surface area contributed by atoms with Crippen LogP contribution in [0.4, 0.5) is 5.82 Å². The first kappa shape index (κ1) is 17.8. The predicted octanol–water partition coefficient (Wildman–Crippen LogP) is 3.10. The molecule has 148 valence electrons. The lowest BCUT2D eigenvalue weighted by atomic mass is 9.89. The molecule has 0 spiro atoms. The SMILES string of the molecule is CC(=O)N1C[C@H]2CN(c3cc(-c4nc(C)no4)ccn3)C[C@H]2[C@@H]1c1ccccc1. The molecule has 2 aliphatic heterocycles. The van der Waals surface area contributed by atoms with E-state index in [2.05, 4.69) is 32.2 Å². The number of carbonyl (C=O) groups excluding carboxylic acids is 1. The maximum Gasteiger partial charge on any atom is 0.258 e. The van der Waals surface area contributed by atoms with Gasteiger partial charge >= 0.3 is 0 Å². The van der Waals surface area contributed by atoms with Crippen LogP contribution in [0.1, 0.15) is 24.4 Å².